The van der Waals surface area contributed by atoms with E-state index in [4.69, 9.17) is 11.6 Å². The smallest absolute Gasteiger partial charge is 0.269 e. The fourth-order valence-electron chi connectivity index (χ4n) is 2.00. The van der Waals surface area contributed by atoms with Crippen LogP contribution in [0.4, 0.5) is 10.1 Å². The number of halogens is 2. The molecule has 0 atom stereocenters. The van der Waals surface area contributed by atoms with Crippen LogP contribution in [0.1, 0.15) is 15.2 Å². The number of hydrogen-bond donors (Lipinski definition) is 1. The Morgan fingerprint density at radius 1 is 1.22 bits per heavy atom. The van der Waals surface area contributed by atoms with E-state index >= 15 is 0 Å². The number of nitrogens with one attached hydrogen (secondary N) is 1. The van der Waals surface area contributed by atoms with Crippen LogP contribution in [-0.4, -0.2) is 15.5 Å². The van der Waals surface area contributed by atoms with E-state index in [1.807, 2.05) is 31.2 Å². The van der Waals surface area contributed by atoms with Crippen molar-refractivity contribution in [3.8, 4) is 11.3 Å². The zero-order valence-electron chi connectivity index (χ0n) is 12.0. The Hall–Kier alpha value is -2.31. The summed E-state index contributed by atoms with van der Waals surface area (Å²) in [6.45, 7) is 1.98. The molecular weight excluding hydrogens is 337 g/mol. The van der Waals surface area contributed by atoms with E-state index in [2.05, 4.69) is 14.9 Å². The number of nitrogens with zero attached hydrogens (tertiary/aromatic N) is 2. The molecule has 1 heterocycles. The Morgan fingerprint density at radius 3 is 2.65 bits per heavy atom. The molecular formula is C16H11ClFN3OS. The fourth-order valence-corrected chi connectivity index (χ4v) is 2.77. The van der Waals surface area contributed by atoms with Gasteiger partial charge in [-0.2, -0.15) is 0 Å². The predicted octanol–water partition coefficient (Wildman–Crippen LogP) is 4.56. The van der Waals surface area contributed by atoms with Gasteiger partial charge in [0.25, 0.3) is 5.91 Å². The monoisotopic (exact) mass is 347 g/mol. The molecule has 4 nitrogen and oxygen atoms in total. The van der Waals surface area contributed by atoms with Gasteiger partial charge in [-0.05, 0) is 36.7 Å². The lowest BCUT2D eigenvalue weighted by Gasteiger charge is -2.06. The van der Waals surface area contributed by atoms with Crippen LogP contribution in [0.3, 0.4) is 0 Å². The molecule has 2 aromatic carbocycles. The topological polar surface area (TPSA) is 54.9 Å². The van der Waals surface area contributed by atoms with E-state index in [9.17, 15) is 9.18 Å². The van der Waals surface area contributed by atoms with Gasteiger partial charge in [0.15, 0.2) is 0 Å². The first kappa shape index (κ1) is 15.6. The summed E-state index contributed by atoms with van der Waals surface area (Å²) in [5.74, 6) is -0.900. The zero-order valence-corrected chi connectivity index (χ0v) is 13.6. The van der Waals surface area contributed by atoms with Crippen molar-refractivity contribution in [2.75, 3.05) is 5.32 Å². The SMILES string of the molecule is Cc1ccc(-c2nnsc2C(=O)Nc2ccc(F)c(Cl)c2)cc1. The van der Waals surface area contributed by atoms with Crippen molar-refractivity contribution in [1.82, 2.24) is 9.59 Å². The maximum absolute atomic E-state index is 13.2. The Morgan fingerprint density at radius 2 is 1.96 bits per heavy atom. The van der Waals surface area contributed by atoms with Crippen LogP contribution in [0.15, 0.2) is 42.5 Å². The van der Waals surface area contributed by atoms with Gasteiger partial charge in [-0.25, -0.2) is 4.39 Å². The molecule has 0 saturated heterocycles. The summed E-state index contributed by atoms with van der Waals surface area (Å²) in [4.78, 5) is 12.8. The molecule has 1 aromatic heterocycles. The fraction of sp³-hybridized carbons (Fsp3) is 0.0625. The Kier molecular flexibility index (Phi) is 4.36. The van der Waals surface area contributed by atoms with E-state index < -0.39 is 5.82 Å². The van der Waals surface area contributed by atoms with Crippen LogP contribution in [0.5, 0.6) is 0 Å². The molecule has 0 saturated carbocycles. The van der Waals surface area contributed by atoms with Gasteiger partial charge in [0.2, 0.25) is 0 Å². The molecule has 0 unspecified atom stereocenters. The molecule has 0 aliphatic rings. The number of aryl methyl sites for hydroxylation is 1. The summed E-state index contributed by atoms with van der Waals surface area (Å²) in [6.07, 6.45) is 0. The summed E-state index contributed by atoms with van der Waals surface area (Å²) in [7, 11) is 0. The maximum Gasteiger partial charge on any atom is 0.269 e. The highest BCUT2D eigenvalue weighted by Gasteiger charge is 2.18. The minimum atomic E-state index is -0.538. The van der Waals surface area contributed by atoms with E-state index in [0.717, 1.165) is 22.7 Å². The van der Waals surface area contributed by atoms with Crippen molar-refractivity contribution in [3.05, 3.63) is 63.7 Å². The lowest BCUT2D eigenvalue weighted by atomic mass is 10.1. The van der Waals surface area contributed by atoms with Crippen LogP contribution < -0.4 is 5.32 Å². The second kappa shape index (κ2) is 6.44. The van der Waals surface area contributed by atoms with E-state index in [-0.39, 0.29) is 10.9 Å². The van der Waals surface area contributed by atoms with Crippen LogP contribution >= 0.6 is 23.1 Å². The molecule has 1 N–H and O–H groups in total. The van der Waals surface area contributed by atoms with Gasteiger partial charge >= 0.3 is 0 Å². The minimum Gasteiger partial charge on any atom is -0.321 e. The largest absolute Gasteiger partial charge is 0.321 e. The summed E-state index contributed by atoms with van der Waals surface area (Å²) in [6, 6.07) is 11.7. The molecule has 0 fully saturated rings. The van der Waals surface area contributed by atoms with Gasteiger partial charge in [0.05, 0.1) is 5.02 Å². The second-order valence-corrected chi connectivity index (χ2v) is 6.06. The van der Waals surface area contributed by atoms with E-state index in [1.54, 1.807) is 0 Å². The zero-order chi connectivity index (χ0) is 16.4. The van der Waals surface area contributed by atoms with Crippen molar-refractivity contribution in [2.45, 2.75) is 6.92 Å². The number of aromatic nitrogens is 2. The third-order valence-electron chi connectivity index (χ3n) is 3.20. The lowest BCUT2D eigenvalue weighted by molar-refractivity contribution is 0.103. The van der Waals surface area contributed by atoms with E-state index in [1.165, 1.54) is 18.2 Å². The molecule has 0 aliphatic carbocycles. The number of rotatable bonds is 3. The quantitative estimate of drug-likeness (QED) is 0.755. The van der Waals surface area contributed by atoms with Crippen molar-refractivity contribution in [2.24, 2.45) is 0 Å². The number of anilines is 1. The molecule has 0 radical (unpaired) electrons. The van der Waals surface area contributed by atoms with Crippen molar-refractivity contribution in [1.29, 1.82) is 0 Å². The lowest BCUT2D eigenvalue weighted by Crippen LogP contribution is -2.11. The molecule has 3 rings (SSSR count). The summed E-state index contributed by atoms with van der Waals surface area (Å²) in [5.41, 5.74) is 2.85. The molecule has 1 amide bonds. The summed E-state index contributed by atoms with van der Waals surface area (Å²) >= 11 is 6.72. The Bertz CT molecular complexity index is 864. The predicted molar refractivity (Wildman–Crippen MR) is 89.4 cm³/mol. The number of benzene rings is 2. The average Bonchev–Trinajstić information content (AvgIpc) is 3.01. The molecule has 7 heteroatoms. The maximum atomic E-state index is 13.2. The van der Waals surface area contributed by atoms with Gasteiger partial charge in [-0.15, -0.1) is 5.10 Å². The van der Waals surface area contributed by atoms with Gasteiger partial charge < -0.3 is 5.32 Å². The van der Waals surface area contributed by atoms with Crippen molar-refractivity contribution in [3.63, 3.8) is 0 Å². The third-order valence-corrected chi connectivity index (χ3v) is 4.21. The number of carbonyl (C=O) groups excluding carboxylic acids is 1. The van der Waals surface area contributed by atoms with Gasteiger partial charge in [0, 0.05) is 11.3 Å². The Balaban J connectivity index is 1.87. The van der Waals surface area contributed by atoms with Crippen LogP contribution in [0.25, 0.3) is 11.3 Å². The first-order valence-electron chi connectivity index (χ1n) is 6.70. The molecule has 0 bridgehead atoms. The number of hydrogen-bond acceptors (Lipinski definition) is 4. The molecule has 116 valence electrons. The first-order chi connectivity index (χ1) is 11.0. The normalized spacial score (nSPS) is 10.6. The second-order valence-electron chi connectivity index (χ2n) is 4.90. The standard InChI is InChI=1S/C16H11ClFN3OS/c1-9-2-4-10(5-3-9)14-15(23-21-20-14)16(22)19-11-6-7-13(18)12(17)8-11/h2-8H,1H3,(H,19,22). The van der Waals surface area contributed by atoms with Crippen molar-refractivity contribution < 1.29 is 9.18 Å². The van der Waals surface area contributed by atoms with E-state index in [0.29, 0.717) is 16.3 Å². The summed E-state index contributed by atoms with van der Waals surface area (Å²) < 4.78 is 17.0. The van der Waals surface area contributed by atoms with Crippen LogP contribution in [0, 0.1) is 12.7 Å². The Labute approximate surface area is 141 Å². The first-order valence-corrected chi connectivity index (χ1v) is 7.85. The average molecular weight is 348 g/mol. The van der Waals surface area contributed by atoms with Gasteiger partial charge in [-0.1, -0.05) is 45.9 Å². The molecule has 0 spiro atoms. The number of carbonyl (C=O) groups is 1. The minimum absolute atomic E-state index is 0.0519. The van der Waals surface area contributed by atoms with Crippen LogP contribution in [0.2, 0.25) is 5.02 Å². The third kappa shape index (κ3) is 3.38. The molecule has 3 aromatic rings. The van der Waals surface area contributed by atoms with Crippen LogP contribution in [-0.2, 0) is 0 Å². The van der Waals surface area contributed by atoms with Crippen molar-refractivity contribution >= 4 is 34.7 Å². The number of amides is 1. The highest BCUT2D eigenvalue weighted by Crippen LogP contribution is 2.26. The van der Waals surface area contributed by atoms with Gasteiger partial charge in [0.1, 0.15) is 16.4 Å². The highest BCUT2D eigenvalue weighted by atomic mass is 35.5. The van der Waals surface area contributed by atoms with Gasteiger partial charge in [-0.3, -0.25) is 4.79 Å². The highest BCUT2D eigenvalue weighted by molar-refractivity contribution is 7.08. The molecule has 0 aliphatic heterocycles. The summed E-state index contributed by atoms with van der Waals surface area (Å²) in [5, 5.41) is 6.65. The molecule has 23 heavy (non-hydrogen) atoms.